The van der Waals surface area contributed by atoms with Crippen LogP contribution in [0.5, 0.6) is 0 Å². The van der Waals surface area contributed by atoms with Gasteiger partial charge >= 0.3 is 0 Å². The zero-order valence-electron chi connectivity index (χ0n) is 14.1. The van der Waals surface area contributed by atoms with Crippen molar-refractivity contribution in [2.24, 2.45) is 11.7 Å². The molecule has 134 valence electrons. The molecule has 0 heterocycles. The van der Waals surface area contributed by atoms with E-state index in [0.717, 1.165) is 37.7 Å². The third kappa shape index (κ3) is 4.70. The van der Waals surface area contributed by atoms with Gasteiger partial charge in [-0.3, -0.25) is 4.79 Å². The Morgan fingerprint density at radius 1 is 1.17 bits per heavy atom. The lowest BCUT2D eigenvalue weighted by atomic mass is 9.98. The maximum Gasteiger partial charge on any atom is 0.223 e. The molecule has 0 aromatic heterocycles. The first-order valence-corrected chi connectivity index (χ1v) is 8.93. The second-order valence-electron chi connectivity index (χ2n) is 7.15. The van der Waals surface area contributed by atoms with E-state index >= 15 is 0 Å². The van der Waals surface area contributed by atoms with Gasteiger partial charge in [0, 0.05) is 25.0 Å². The van der Waals surface area contributed by atoms with Crippen molar-refractivity contribution in [3.05, 3.63) is 35.6 Å². The molecule has 3 rings (SSSR count). The van der Waals surface area contributed by atoms with Crippen LogP contribution in [0.15, 0.2) is 24.3 Å². The van der Waals surface area contributed by atoms with Crippen LogP contribution in [0.25, 0.3) is 0 Å². The monoisotopic (exact) mass is 354 g/mol. The van der Waals surface area contributed by atoms with Gasteiger partial charge in [0.25, 0.3) is 0 Å². The lowest BCUT2D eigenvalue weighted by Crippen LogP contribution is -2.40. The fourth-order valence-electron chi connectivity index (χ4n) is 4.13. The van der Waals surface area contributed by atoms with Crippen molar-refractivity contribution < 1.29 is 9.18 Å². The van der Waals surface area contributed by atoms with Crippen LogP contribution in [-0.2, 0) is 11.3 Å². The van der Waals surface area contributed by atoms with E-state index in [1.165, 1.54) is 25.0 Å². The number of nitrogens with two attached hydrogens (primary N) is 1. The number of carbonyl (C=O) groups is 1. The molecule has 24 heavy (non-hydrogen) atoms. The summed E-state index contributed by atoms with van der Waals surface area (Å²) in [7, 11) is 0. The molecule has 5 heteroatoms. The summed E-state index contributed by atoms with van der Waals surface area (Å²) in [5.74, 6) is 0.279. The van der Waals surface area contributed by atoms with Crippen molar-refractivity contribution in [2.45, 2.75) is 70.0 Å². The zero-order chi connectivity index (χ0) is 16.2. The number of benzene rings is 1. The number of carbonyl (C=O) groups excluding carboxylic acids is 1. The number of hydrogen-bond acceptors (Lipinski definition) is 2. The van der Waals surface area contributed by atoms with Gasteiger partial charge in [-0.15, -0.1) is 12.4 Å². The Labute approximate surface area is 150 Å². The molecule has 2 N–H and O–H groups in total. The van der Waals surface area contributed by atoms with Crippen LogP contribution in [0.2, 0.25) is 0 Å². The Hall–Kier alpha value is -1.13. The average Bonchev–Trinajstić information content (AvgIpc) is 3.17. The predicted octanol–water partition coefficient (Wildman–Crippen LogP) is 4.04. The highest BCUT2D eigenvalue weighted by Crippen LogP contribution is 2.30. The average molecular weight is 355 g/mol. The van der Waals surface area contributed by atoms with Crippen LogP contribution in [0.4, 0.5) is 4.39 Å². The molecule has 2 atom stereocenters. The maximum atomic E-state index is 13.5. The molecule has 1 aromatic rings. The van der Waals surface area contributed by atoms with Crippen LogP contribution < -0.4 is 5.73 Å². The van der Waals surface area contributed by atoms with E-state index < -0.39 is 0 Å². The number of halogens is 2. The van der Waals surface area contributed by atoms with E-state index in [-0.39, 0.29) is 30.2 Å². The molecular formula is C19H28ClFN2O. The Kier molecular flexibility index (Phi) is 7.05. The smallest absolute Gasteiger partial charge is 0.223 e. The molecule has 0 unspecified atom stereocenters. The first kappa shape index (κ1) is 19.2. The molecule has 2 fully saturated rings. The molecule has 0 spiro atoms. The minimum atomic E-state index is -0.237. The molecule has 0 bridgehead atoms. The lowest BCUT2D eigenvalue weighted by molar-refractivity contribution is -0.135. The SMILES string of the molecule is Cl.N[C@@H]1CCC[C@H]1CC(=O)N(Cc1cccc(F)c1)C1CCCC1. The summed E-state index contributed by atoms with van der Waals surface area (Å²) >= 11 is 0. The minimum Gasteiger partial charge on any atom is -0.335 e. The fraction of sp³-hybridized carbons (Fsp3) is 0.632. The van der Waals surface area contributed by atoms with Crippen LogP contribution in [0.3, 0.4) is 0 Å². The van der Waals surface area contributed by atoms with Crippen LogP contribution >= 0.6 is 12.4 Å². The largest absolute Gasteiger partial charge is 0.335 e. The van der Waals surface area contributed by atoms with Crippen molar-refractivity contribution in [1.82, 2.24) is 4.90 Å². The second-order valence-corrected chi connectivity index (χ2v) is 7.15. The highest BCUT2D eigenvalue weighted by Gasteiger charge is 2.31. The number of nitrogens with zero attached hydrogens (tertiary/aromatic N) is 1. The van der Waals surface area contributed by atoms with E-state index in [9.17, 15) is 9.18 Å². The highest BCUT2D eigenvalue weighted by atomic mass is 35.5. The van der Waals surface area contributed by atoms with Crippen molar-refractivity contribution >= 4 is 18.3 Å². The van der Waals surface area contributed by atoms with E-state index in [2.05, 4.69) is 0 Å². The van der Waals surface area contributed by atoms with E-state index in [1.807, 2.05) is 11.0 Å². The summed E-state index contributed by atoms with van der Waals surface area (Å²) in [6, 6.07) is 7.08. The van der Waals surface area contributed by atoms with Crippen LogP contribution in [-0.4, -0.2) is 22.9 Å². The van der Waals surface area contributed by atoms with Crippen molar-refractivity contribution in [2.75, 3.05) is 0 Å². The molecule has 2 aliphatic carbocycles. The van der Waals surface area contributed by atoms with E-state index in [4.69, 9.17) is 5.73 Å². The summed E-state index contributed by atoms with van der Waals surface area (Å²) in [4.78, 5) is 14.9. The predicted molar refractivity (Wildman–Crippen MR) is 96.4 cm³/mol. The van der Waals surface area contributed by atoms with Gasteiger partial charge in [-0.1, -0.05) is 31.4 Å². The van der Waals surface area contributed by atoms with Crippen molar-refractivity contribution in [1.29, 1.82) is 0 Å². The van der Waals surface area contributed by atoms with Gasteiger partial charge in [-0.25, -0.2) is 4.39 Å². The summed E-state index contributed by atoms with van der Waals surface area (Å²) in [5, 5.41) is 0. The van der Waals surface area contributed by atoms with Gasteiger partial charge in [0.15, 0.2) is 0 Å². The van der Waals surface area contributed by atoms with Gasteiger partial charge in [-0.2, -0.15) is 0 Å². The van der Waals surface area contributed by atoms with Crippen molar-refractivity contribution in [3.63, 3.8) is 0 Å². The number of amides is 1. The Morgan fingerprint density at radius 2 is 1.92 bits per heavy atom. The van der Waals surface area contributed by atoms with Gasteiger partial charge in [0.05, 0.1) is 0 Å². The Balaban J connectivity index is 0.00000208. The third-order valence-corrected chi connectivity index (χ3v) is 5.48. The fourth-order valence-corrected chi connectivity index (χ4v) is 4.13. The first-order valence-electron chi connectivity index (χ1n) is 8.93. The molecule has 0 radical (unpaired) electrons. The Bertz CT molecular complexity index is 548. The molecule has 0 saturated heterocycles. The normalized spacial score (nSPS) is 23.9. The maximum absolute atomic E-state index is 13.5. The highest BCUT2D eigenvalue weighted by molar-refractivity contribution is 5.85. The van der Waals surface area contributed by atoms with Gasteiger partial charge in [0.1, 0.15) is 5.82 Å². The minimum absolute atomic E-state index is 0. The summed E-state index contributed by atoms with van der Waals surface area (Å²) < 4.78 is 13.5. The summed E-state index contributed by atoms with van der Waals surface area (Å²) in [6.07, 6.45) is 8.27. The van der Waals surface area contributed by atoms with Crippen LogP contribution in [0.1, 0.15) is 56.9 Å². The number of rotatable bonds is 5. The number of hydrogen-bond donors (Lipinski definition) is 1. The molecule has 2 aliphatic rings. The summed E-state index contributed by atoms with van der Waals surface area (Å²) in [6.45, 7) is 0.517. The molecule has 1 aromatic carbocycles. The summed E-state index contributed by atoms with van der Waals surface area (Å²) in [5.41, 5.74) is 7.01. The van der Waals surface area contributed by atoms with Gasteiger partial charge in [0.2, 0.25) is 5.91 Å². The zero-order valence-corrected chi connectivity index (χ0v) is 14.9. The Morgan fingerprint density at radius 3 is 2.54 bits per heavy atom. The van der Waals surface area contributed by atoms with Gasteiger partial charge in [-0.05, 0) is 49.3 Å². The van der Waals surface area contributed by atoms with E-state index in [0.29, 0.717) is 24.9 Å². The second kappa shape index (κ2) is 8.82. The topological polar surface area (TPSA) is 46.3 Å². The van der Waals surface area contributed by atoms with Crippen LogP contribution in [0, 0.1) is 11.7 Å². The van der Waals surface area contributed by atoms with Crippen molar-refractivity contribution in [3.8, 4) is 0 Å². The molecule has 1 amide bonds. The molecule has 0 aliphatic heterocycles. The third-order valence-electron chi connectivity index (χ3n) is 5.48. The lowest BCUT2D eigenvalue weighted by Gasteiger charge is -2.31. The first-order chi connectivity index (χ1) is 11.1. The standard InChI is InChI=1S/C19H27FN2O.ClH/c20-16-7-3-5-14(11-16)13-22(17-8-1-2-9-17)19(23)12-15-6-4-10-18(15)21;/h3,5,7,11,15,17-18H,1-2,4,6,8-10,12-13,21H2;1H/t15-,18+;/m0./s1. The molecular weight excluding hydrogens is 327 g/mol. The molecule has 3 nitrogen and oxygen atoms in total. The van der Waals surface area contributed by atoms with E-state index in [1.54, 1.807) is 6.07 Å². The quantitative estimate of drug-likeness (QED) is 0.867. The van der Waals surface area contributed by atoms with Gasteiger partial charge < -0.3 is 10.6 Å². The molecule has 2 saturated carbocycles.